The first-order valence-corrected chi connectivity index (χ1v) is 7.41. The summed E-state index contributed by atoms with van der Waals surface area (Å²) >= 11 is 3.60. The number of halogens is 1. The molecule has 1 saturated carbocycles. The molecular formula is C16H17BrN2. The molecule has 1 aliphatic rings. The van der Waals surface area contributed by atoms with Crippen molar-refractivity contribution in [3.05, 3.63) is 33.9 Å². The second kappa shape index (κ2) is 4.11. The van der Waals surface area contributed by atoms with Crippen molar-refractivity contribution in [2.24, 2.45) is 11.3 Å². The summed E-state index contributed by atoms with van der Waals surface area (Å²) in [6.45, 7) is 6.69. The molecule has 1 aromatic heterocycles. The molecule has 0 saturated heterocycles. The average Bonchev–Trinajstić information content (AvgIpc) is 2.71. The van der Waals surface area contributed by atoms with Gasteiger partial charge in [0.25, 0.3) is 0 Å². The van der Waals surface area contributed by atoms with Crippen LogP contribution in [0.15, 0.2) is 22.7 Å². The Morgan fingerprint density at radius 1 is 1.42 bits per heavy atom. The van der Waals surface area contributed by atoms with Crippen molar-refractivity contribution in [1.29, 1.82) is 5.26 Å². The summed E-state index contributed by atoms with van der Waals surface area (Å²) in [5.74, 6) is 0.976. The molecule has 19 heavy (non-hydrogen) atoms. The van der Waals surface area contributed by atoms with Crippen molar-refractivity contribution in [3.63, 3.8) is 0 Å². The van der Waals surface area contributed by atoms with E-state index in [4.69, 9.17) is 5.26 Å². The summed E-state index contributed by atoms with van der Waals surface area (Å²) in [5, 5.41) is 10.3. The first-order chi connectivity index (χ1) is 8.98. The van der Waals surface area contributed by atoms with Crippen LogP contribution in [0.3, 0.4) is 0 Å². The molecule has 0 amide bonds. The topological polar surface area (TPSA) is 39.6 Å². The highest BCUT2D eigenvalue weighted by molar-refractivity contribution is 9.10. The van der Waals surface area contributed by atoms with Gasteiger partial charge in [0.05, 0.1) is 11.6 Å². The largest absolute Gasteiger partial charge is 0.357 e. The van der Waals surface area contributed by atoms with Crippen LogP contribution >= 0.6 is 15.9 Å². The van der Waals surface area contributed by atoms with Crippen molar-refractivity contribution >= 4 is 26.8 Å². The monoisotopic (exact) mass is 316 g/mol. The van der Waals surface area contributed by atoms with E-state index < -0.39 is 0 Å². The number of H-pyrrole nitrogens is 1. The molecule has 1 heterocycles. The Hall–Kier alpha value is -1.27. The first kappa shape index (κ1) is 12.7. The lowest BCUT2D eigenvalue weighted by Gasteiger charge is -2.03. The summed E-state index contributed by atoms with van der Waals surface area (Å²) in [5.41, 5.74) is 4.05. The third-order valence-corrected chi connectivity index (χ3v) is 5.35. The summed E-state index contributed by atoms with van der Waals surface area (Å²) in [4.78, 5) is 3.49. The van der Waals surface area contributed by atoms with E-state index >= 15 is 0 Å². The Kier molecular flexibility index (Phi) is 2.76. The quantitative estimate of drug-likeness (QED) is 0.841. The molecule has 3 heteroatoms. The third-order valence-electron chi connectivity index (χ3n) is 4.69. The van der Waals surface area contributed by atoms with Crippen LogP contribution in [0.25, 0.3) is 10.9 Å². The van der Waals surface area contributed by atoms with E-state index in [0.29, 0.717) is 18.3 Å². The van der Waals surface area contributed by atoms with Crippen LogP contribution in [-0.4, -0.2) is 4.98 Å². The number of nitrogens with one attached hydrogen (secondary N) is 1. The molecule has 0 unspecified atom stereocenters. The standard InChI is InChI=1S/C16H17BrN2/c1-9-13(14-11(7-8-18)16(14,2)3)10-5-4-6-12(17)15(10)19-9/h4-6,11,14,19H,7H2,1-3H3/t11-,14-/m0/s1. The lowest BCUT2D eigenvalue weighted by atomic mass is 10.0. The van der Waals surface area contributed by atoms with Gasteiger partial charge in [0.15, 0.2) is 0 Å². The van der Waals surface area contributed by atoms with Gasteiger partial charge in [-0.2, -0.15) is 5.26 Å². The smallest absolute Gasteiger partial charge is 0.0625 e. The zero-order valence-corrected chi connectivity index (χ0v) is 13.0. The summed E-state index contributed by atoms with van der Waals surface area (Å²) < 4.78 is 1.11. The fourth-order valence-electron chi connectivity index (χ4n) is 3.53. The maximum atomic E-state index is 8.99. The predicted octanol–water partition coefficient (Wildman–Crippen LogP) is 4.89. The second-order valence-corrected chi connectivity index (χ2v) is 6.95. The molecule has 0 aliphatic heterocycles. The van der Waals surface area contributed by atoms with E-state index in [1.54, 1.807) is 0 Å². The lowest BCUT2D eigenvalue weighted by molar-refractivity contribution is 0.559. The van der Waals surface area contributed by atoms with Gasteiger partial charge >= 0.3 is 0 Å². The van der Waals surface area contributed by atoms with Gasteiger partial charge in [0, 0.05) is 22.0 Å². The van der Waals surface area contributed by atoms with E-state index in [1.807, 2.05) is 0 Å². The van der Waals surface area contributed by atoms with Crippen LogP contribution in [0.5, 0.6) is 0 Å². The zero-order valence-electron chi connectivity index (χ0n) is 11.4. The number of aromatic amines is 1. The van der Waals surface area contributed by atoms with E-state index in [1.165, 1.54) is 22.2 Å². The van der Waals surface area contributed by atoms with Gasteiger partial charge in [-0.05, 0) is 51.7 Å². The number of nitriles is 1. The number of aromatic nitrogens is 1. The minimum absolute atomic E-state index is 0.234. The number of fused-ring (bicyclic) bond motifs is 1. The zero-order chi connectivity index (χ0) is 13.8. The van der Waals surface area contributed by atoms with E-state index in [-0.39, 0.29) is 5.41 Å². The van der Waals surface area contributed by atoms with E-state index in [9.17, 15) is 0 Å². The van der Waals surface area contributed by atoms with Crippen LogP contribution in [0, 0.1) is 29.6 Å². The molecule has 2 aromatic rings. The van der Waals surface area contributed by atoms with Crippen LogP contribution in [-0.2, 0) is 0 Å². The molecule has 2 atom stereocenters. The normalized spacial score (nSPS) is 24.4. The number of aryl methyl sites for hydroxylation is 1. The van der Waals surface area contributed by atoms with Crippen molar-refractivity contribution in [1.82, 2.24) is 4.98 Å². The van der Waals surface area contributed by atoms with Crippen LogP contribution in [0.2, 0.25) is 0 Å². The molecule has 1 fully saturated rings. The molecule has 98 valence electrons. The third kappa shape index (κ3) is 1.74. The summed E-state index contributed by atoms with van der Waals surface area (Å²) in [6, 6.07) is 8.66. The molecule has 2 nitrogen and oxygen atoms in total. The fourth-order valence-corrected chi connectivity index (χ4v) is 4.00. The SMILES string of the molecule is Cc1[nH]c2c(Br)cccc2c1[C@@H]1[C@H](CC#N)C1(C)C. The number of benzene rings is 1. The molecule has 0 radical (unpaired) electrons. The molecule has 1 N–H and O–H groups in total. The van der Waals surface area contributed by atoms with Gasteiger partial charge in [-0.3, -0.25) is 0 Å². The predicted molar refractivity (Wildman–Crippen MR) is 81.0 cm³/mol. The van der Waals surface area contributed by atoms with Crippen molar-refractivity contribution < 1.29 is 0 Å². The van der Waals surface area contributed by atoms with E-state index in [2.05, 4.69) is 66.0 Å². The molecule has 1 aliphatic carbocycles. The Morgan fingerprint density at radius 3 is 2.84 bits per heavy atom. The van der Waals surface area contributed by atoms with E-state index in [0.717, 1.165) is 4.47 Å². The number of rotatable bonds is 2. The first-order valence-electron chi connectivity index (χ1n) is 6.62. The number of hydrogen-bond acceptors (Lipinski definition) is 1. The summed E-state index contributed by atoms with van der Waals surface area (Å²) in [7, 11) is 0. The number of hydrogen-bond donors (Lipinski definition) is 1. The Morgan fingerprint density at radius 2 is 2.16 bits per heavy atom. The van der Waals surface area contributed by atoms with Gasteiger partial charge in [-0.1, -0.05) is 26.0 Å². The summed E-state index contributed by atoms with van der Waals surface area (Å²) in [6.07, 6.45) is 0.651. The Labute approximate surface area is 121 Å². The van der Waals surface area contributed by atoms with Gasteiger partial charge < -0.3 is 4.98 Å². The maximum Gasteiger partial charge on any atom is 0.0625 e. The minimum atomic E-state index is 0.234. The lowest BCUT2D eigenvalue weighted by Crippen LogP contribution is -1.91. The second-order valence-electron chi connectivity index (χ2n) is 6.09. The van der Waals surface area contributed by atoms with Crippen molar-refractivity contribution in [3.8, 4) is 6.07 Å². The highest BCUT2D eigenvalue weighted by Crippen LogP contribution is 2.67. The van der Waals surface area contributed by atoms with Crippen LogP contribution in [0.1, 0.15) is 37.4 Å². The minimum Gasteiger partial charge on any atom is -0.357 e. The van der Waals surface area contributed by atoms with Crippen molar-refractivity contribution in [2.75, 3.05) is 0 Å². The molecule has 3 rings (SSSR count). The van der Waals surface area contributed by atoms with Crippen LogP contribution < -0.4 is 0 Å². The van der Waals surface area contributed by atoms with Crippen LogP contribution in [0.4, 0.5) is 0 Å². The van der Waals surface area contributed by atoms with Gasteiger partial charge in [-0.15, -0.1) is 0 Å². The maximum absolute atomic E-state index is 8.99. The molecule has 0 bridgehead atoms. The van der Waals surface area contributed by atoms with Gasteiger partial charge in [-0.25, -0.2) is 0 Å². The molecular weight excluding hydrogens is 300 g/mol. The average molecular weight is 317 g/mol. The molecule has 0 spiro atoms. The van der Waals surface area contributed by atoms with Crippen molar-refractivity contribution in [2.45, 2.75) is 33.1 Å². The molecule has 1 aromatic carbocycles. The fraction of sp³-hybridized carbons (Fsp3) is 0.438. The van der Waals surface area contributed by atoms with Gasteiger partial charge in [0.2, 0.25) is 0 Å². The Balaban J connectivity index is 2.15. The van der Waals surface area contributed by atoms with Gasteiger partial charge in [0.1, 0.15) is 0 Å². The Bertz CT molecular complexity index is 691. The highest BCUT2D eigenvalue weighted by Gasteiger charge is 2.58. The highest BCUT2D eigenvalue weighted by atomic mass is 79.9. The number of para-hydroxylation sites is 1. The number of nitrogens with zero attached hydrogens (tertiary/aromatic N) is 1.